The SMILES string of the molecule is C=CCNC(=NCCc1ccco1)N1CCC(Cc2ccccc2)C1. The summed E-state index contributed by atoms with van der Waals surface area (Å²) in [6.45, 7) is 7.38. The highest BCUT2D eigenvalue weighted by molar-refractivity contribution is 5.80. The van der Waals surface area contributed by atoms with Crippen LogP contribution in [-0.4, -0.2) is 37.0 Å². The number of likely N-dealkylation sites (tertiary alicyclic amines) is 1. The van der Waals surface area contributed by atoms with Gasteiger partial charge in [-0.15, -0.1) is 6.58 Å². The van der Waals surface area contributed by atoms with Crippen LogP contribution in [0.1, 0.15) is 17.7 Å². The van der Waals surface area contributed by atoms with E-state index in [-0.39, 0.29) is 0 Å². The Morgan fingerprint density at radius 1 is 1.28 bits per heavy atom. The van der Waals surface area contributed by atoms with Crippen LogP contribution >= 0.6 is 0 Å². The van der Waals surface area contributed by atoms with Gasteiger partial charge in [0.2, 0.25) is 0 Å². The van der Waals surface area contributed by atoms with Crippen molar-refractivity contribution >= 4 is 5.96 Å². The molecule has 0 aliphatic carbocycles. The van der Waals surface area contributed by atoms with Gasteiger partial charge >= 0.3 is 0 Å². The summed E-state index contributed by atoms with van der Waals surface area (Å²) >= 11 is 0. The largest absolute Gasteiger partial charge is 0.469 e. The lowest BCUT2D eigenvalue weighted by Crippen LogP contribution is -2.40. The molecule has 1 aromatic carbocycles. The van der Waals surface area contributed by atoms with E-state index in [0.29, 0.717) is 5.92 Å². The molecule has 1 aliphatic heterocycles. The molecule has 0 radical (unpaired) electrons. The lowest BCUT2D eigenvalue weighted by atomic mass is 9.99. The van der Waals surface area contributed by atoms with Gasteiger partial charge in [-0.3, -0.25) is 4.99 Å². The van der Waals surface area contributed by atoms with Crippen LogP contribution in [0.3, 0.4) is 0 Å². The Morgan fingerprint density at radius 2 is 2.16 bits per heavy atom. The Hall–Kier alpha value is -2.49. The normalized spacial score (nSPS) is 17.7. The number of guanidine groups is 1. The second-order valence-electron chi connectivity index (χ2n) is 6.49. The number of hydrogen-bond donors (Lipinski definition) is 1. The number of hydrogen-bond acceptors (Lipinski definition) is 2. The molecule has 4 nitrogen and oxygen atoms in total. The van der Waals surface area contributed by atoms with Crippen LogP contribution in [0.25, 0.3) is 0 Å². The topological polar surface area (TPSA) is 40.8 Å². The van der Waals surface area contributed by atoms with Gasteiger partial charge in [0.05, 0.1) is 6.26 Å². The lowest BCUT2D eigenvalue weighted by molar-refractivity contribution is 0.460. The van der Waals surface area contributed by atoms with Gasteiger partial charge in [-0.25, -0.2) is 0 Å². The van der Waals surface area contributed by atoms with E-state index in [9.17, 15) is 0 Å². The Balaban J connectivity index is 1.56. The summed E-state index contributed by atoms with van der Waals surface area (Å²) in [6.07, 6.45) is 6.76. The Morgan fingerprint density at radius 3 is 2.92 bits per heavy atom. The first-order chi connectivity index (χ1) is 12.3. The number of nitrogens with one attached hydrogen (secondary N) is 1. The summed E-state index contributed by atoms with van der Waals surface area (Å²) in [5, 5.41) is 3.40. The van der Waals surface area contributed by atoms with Crippen molar-refractivity contribution in [3.05, 3.63) is 72.7 Å². The van der Waals surface area contributed by atoms with Crippen molar-refractivity contribution < 1.29 is 4.42 Å². The minimum absolute atomic E-state index is 0.684. The molecule has 0 spiro atoms. The van der Waals surface area contributed by atoms with Crippen LogP contribution in [0.2, 0.25) is 0 Å². The third-order valence-electron chi connectivity index (χ3n) is 4.56. The number of rotatable bonds is 7. The highest BCUT2D eigenvalue weighted by Gasteiger charge is 2.24. The van der Waals surface area contributed by atoms with E-state index in [4.69, 9.17) is 9.41 Å². The van der Waals surface area contributed by atoms with Crippen LogP contribution in [-0.2, 0) is 12.8 Å². The summed E-state index contributed by atoms with van der Waals surface area (Å²) in [5.41, 5.74) is 1.42. The van der Waals surface area contributed by atoms with E-state index in [1.807, 2.05) is 18.2 Å². The third kappa shape index (κ3) is 5.24. The number of aliphatic imine (C=N–C) groups is 1. The fourth-order valence-electron chi connectivity index (χ4n) is 3.30. The fraction of sp³-hybridized carbons (Fsp3) is 0.381. The maximum atomic E-state index is 5.39. The van der Waals surface area contributed by atoms with Crippen molar-refractivity contribution in [1.82, 2.24) is 10.2 Å². The van der Waals surface area contributed by atoms with E-state index in [1.165, 1.54) is 12.0 Å². The van der Waals surface area contributed by atoms with Crippen LogP contribution in [0.4, 0.5) is 0 Å². The molecule has 1 saturated heterocycles. The van der Waals surface area contributed by atoms with Gasteiger partial charge in [-0.2, -0.15) is 0 Å². The summed E-state index contributed by atoms with van der Waals surface area (Å²) in [4.78, 5) is 7.16. The van der Waals surface area contributed by atoms with Crippen LogP contribution in [0.5, 0.6) is 0 Å². The molecule has 0 bridgehead atoms. The fourth-order valence-corrected chi connectivity index (χ4v) is 3.30. The highest BCUT2D eigenvalue weighted by atomic mass is 16.3. The molecule has 0 amide bonds. The molecular weight excluding hydrogens is 310 g/mol. The average Bonchev–Trinajstić information content (AvgIpc) is 3.31. The lowest BCUT2D eigenvalue weighted by Gasteiger charge is -2.21. The van der Waals surface area contributed by atoms with E-state index in [0.717, 1.165) is 50.7 Å². The van der Waals surface area contributed by atoms with Crippen molar-refractivity contribution in [2.75, 3.05) is 26.2 Å². The molecule has 1 atom stereocenters. The summed E-state index contributed by atoms with van der Waals surface area (Å²) in [7, 11) is 0. The van der Waals surface area contributed by atoms with Gasteiger partial charge in [0.1, 0.15) is 5.76 Å². The summed E-state index contributed by atoms with van der Waals surface area (Å²) in [6, 6.07) is 14.7. The summed E-state index contributed by atoms with van der Waals surface area (Å²) in [5.74, 6) is 2.65. The Labute approximate surface area is 150 Å². The smallest absolute Gasteiger partial charge is 0.194 e. The van der Waals surface area contributed by atoms with E-state index in [1.54, 1.807) is 6.26 Å². The first-order valence-electron chi connectivity index (χ1n) is 9.05. The predicted octanol–water partition coefficient (Wildman–Crippen LogP) is 3.52. The zero-order valence-electron chi connectivity index (χ0n) is 14.7. The Kier molecular flexibility index (Phi) is 6.32. The van der Waals surface area contributed by atoms with Crippen LogP contribution in [0.15, 0.2) is 70.8 Å². The predicted molar refractivity (Wildman–Crippen MR) is 103 cm³/mol. The molecule has 1 aromatic heterocycles. The maximum Gasteiger partial charge on any atom is 0.194 e. The van der Waals surface area contributed by atoms with Crippen molar-refractivity contribution in [3.8, 4) is 0 Å². The standard InChI is InChI=1S/C21H27N3O/c1-2-12-22-21(23-13-10-20-9-6-15-25-20)24-14-11-19(17-24)16-18-7-4-3-5-8-18/h2-9,15,19H,1,10-14,16-17H2,(H,22,23). The molecule has 1 fully saturated rings. The van der Waals surface area contributed by atoms with Crippen molar-refractivity contribution in [2.45, 2.75) is 19.3 Å². The zero-order valence-corrected chi connectivity index (χ0v) is 14.7. The molecule has 2 heterocycles. The second kappa shape index (κ2) is 9.11. The van der Waals surface area contributed by atoms with Crippen molar-refractivity contribution in [2.24, 2.45) is 10.9 Å². The van der Waals surface area contributed by atoms with Gasteiger partial charge in [-0.1, -0.05) is 36.4 Å². The van der Waals surface area contributed by atoms with Gasteiger partial charge in [-0.05, 0) is 36.5 Å². The third-order valence-corrected chi connectivity index (χ3v) is 4.56. The second-order valence-corrected chi connectivity index (χ2v) is 6.49. The summed E-state index contributed by atoms with van der Waals surface area (Å²) < 4.78 is 5.39. The molecule has 1 N–H and O–H groups in total. The van der Waals surface area contributed by atoms with Gasteiger partial charge in [0.15, 0.2) is 5.96 Å². The molecule has 132 valence electrons. The van der Waals surface area contributed by atoms with E-state index < -0.39 is 0 Å². The molecular formula is C21H27N3O. The number of benzene rings is 1. The zero-order chi connectivity index (χ0) is 17.3. The number of nitrogens with zero attached hydrogens (tertiary/aromatic N) is 2. The van der Waals surface area contributed by atoms with Gasteiger partial charge < -0.3 is 14.6 Å². The molecule has 1 unspecified atom stereocenters. The van der Waals surface area contributed by atoms with Crippen LogP contribution < -0.4 is 5.32 Å². The first-order valence-corrected chi connectivity index (χ1v) is 9.05. The average molecular weight is 337 g/mol. The van der Waals surface area contributed by atoms with Crippen molar-refractivity contribution in [1.29, 1.82) is 0 Å². The Bertz CT molecular complexity index is 664. The molecule has 25 heavy (non-hydrogen) atoms. The molecule has 2 aromatic rings. The highest BCUT2D eigenvalue weighted by Crippen LogP contribution is 2.21. The van der Waals surface area contributed by atoms with Gasteiger partial charge in [0.25, 0.3) is 0 Å². The van der Waals surface area contributed by atoms with Crippen molar-refractivity contribution in [3.63, 3.8) is 0 Å². The van der Waals surface area contributed by atoms with E-state index in [2.05, 4.69) is 47.1 Å². The van der Waals surface area contributed by atoms with Crippen LogP contribution in [0, 0.1) is 5.92 Å². The molecule has 0 saturated carbocycles. The number of furan rings is 1. The minimum Gasteiger partial charge on any atom is -0.469 e. The quantitative estimate of drug-likeness (QED) is 0.477. The minimum atomic E-state index is 0.684. The monoisotopic (exact) mass is 337 g/mol. The van der Waals surface area contributed by atoms with Gasteiger partial charge in [0, 0.05) is 32.6 Å². The molecule has 4 heteroatoms. The molecule has 3 rings (SSSR count). The first kappa shape index (κ1) is 17.3. The van der Waals surface area contributed by atoms with E-state index >= 15 is 0 Å². The maximum absolute atomic E-state index is 5.39. The molecule has 1 aliphatic rings.